The second kappa shape index (κ2) is 12.7. The Bertz CT molecular complexity index is 781. The monoisotopic (exact) mass is 412 g/mol. The summed E-state index contributed by atoms with van der Waals surface area (Å²) in [6, 6.07) is 16.1. The van der Waals surface area contributed by atoms with Crippen molar-refractivity contribution in [3.63, 3.8) is 0 Å². The van der Waals surface area contributed by atoms with Gasteiger partial charge in [0.05, 0.1) is 12.6 Å². The summed E-state index contributed by atoms with van der Waals surface area (Å²) in [5, 5.41) is 8.80. The van der Waals surface area contributed by atoms with E-state index in [4.69, 9.17) is 10.5 Å². The highest BCUT2D eigenvalue weighted by Gasteiger charge is 2.24. The Kier molecular flexibility index (Phi) is 10.00. The van der Waals surface area contributed by atoms with Crippen LogP contribution in [0.25, 0.3) is 0 Å². The lowest BCUT2D eigenvalue weighted by Crippen LogP contribution is -2.51. The van der Waals surface area contributed by atoms with E-state index < -0.39 is 12.1 Å². The Balaban J connectivity index is 2.01. The highest BCUT2D eigenvalue weighted by atomic mass is 16.5. The molecule has 7 heteroatoms. The number of nitrogens with one attached hydrogen (secondary N) is 3. The number of hydrogen-bond acceptors (Lipinski definition) is 5. The van der Waals surface area contributed by atoms with Gasteiger partial charge in [-0.15, -0.1) is 0 Å². The summed E-state index contributed by atoms with van der Waals surface area (Å²) in [4.78, 5) is 25.6. The quantitative estimate of drug-likeness (QED) is 0.426. The van der Waals surface area contributed by atoms with Crippen LogP contribution in [0.1, 0.15) is 24.0 Å². The number of carbonyl (C=O) groups excluding carboxylic acids is 2. The number of anilines is 1. The summed E-state index contributed by atoms with van der Waals surface area (Å²) in [6.07, 6.45) is 1.64. The second-order valence-corrected chi connectivity index (χ2v) is 7.14. The van der Waals surface area contributed by atoms with Crippen LogP contribution in [-0.4, -0.2) is 44.6 Å². The van der Waals surface area contributed by atoms with Gasteiger partial charge in [0.15, 0.2) is 0 Å². The van der Waals surface area contributed by atoms with E-state index in [9.17, 15) is 9.59 Å². The molecule has 0 saturated heterocycles. The van der Waals surface area contributed by atoms with Crippen molar-refractivity contribution in [2.75, 3.05) is 26.0 Å². The van der Waals surface area contributed by atoms with Crippen LogP contribution in [0.15, 0.2) is 54.6 Å². The molecule has 162 valence electrons. The fraction of sp³-hybridized carbons (Fsp3) is 0.391. The maximum absolute atomic E-state index is 12.8. The van der Waals surface area contributed by atoms with Crippen LogP contribution in [0.5, 0.6) is 0 Å². The van der Waals surface area contributed by atoms with Crippen LogP contribution in [0.4, 0.5) is 5.69 Å². The molecule has 7 nitrogen and oxygen atoms in total. The van der Waals surface area contributed by atoms with Crippen LogP contribution in [-0.2, 0) is 27.4 Å². The highest BCUT2D eigenvalue weighted by Crippen LogP contribution is 2.12. The summed E-state index contributed by atoms with van der Waals surface area (Å²) >= 11 is 0. The largest absolute Gasteiger partial charge is 0.380 e. The molecule has 2 aromatic carbocycles. The molecule has 0 fully saturated rings. The number of carbonyl (C=O) groups is 2. The fourth-order valence-corrected chi connectivity index (χ4v) is 3.12. The normalized spacial score (nSPS) is 12.8. The average Bonchev–Trinajstić information content (AvgIpc) is 2.77. The van der Waals surface area contributed by atoms with Gasteiger partial charge in [0.25, 0.3) is 0 Å². The first-order valence-electron chi connectivity index (χ1n) is 10.2. The van der Waals surface area contributed by atoms with Crippen molar-refractivity contribution < 1.29 is 14.3 Å². The number of rotatable bonds is 12. The van der Waals surface area contributed by atoms with Crippen LogP contribution in [0.3, 0.4) is 0 Å². The smallest absolute Gasteiger partial charge is 0.246 e. The first-order chi connectivity index (χ1) is 14.6. The molecule has 0 bridgehead atoms. The Hall–Kier alpha value is -2.74. The topological polar surface area (TPSA) is 105 Å². The van der Waals surface area contributed by atoms with Gasteiger partial charge in [-0.25, -0.2) is 0 Å². The van der Waals surface area contributed by atoms with E-state index in [0.717, 1.165) is 11.1 Å². The number of amides is 2. The molecule has 0 heterocycles. The van der Waals surface area contributed by atoms with Gasteiger partial charge in [-0.1, -0.05) is 42.5 Å². The lowest BCUT2D eigenvalue weighted by Gasteiger charge is -2.22. The lowest BCUT2D eigenvalue weighted by atomic mass is 10.0. The summed E-state index contributed by atoms with van der Waals surface area (Å²) in [6.45, 7) is 0.959. The van der Waals surface area contributed by atoms with Crippen LogP contribution >= 0.6 is 0 Å². The predicted molar refractivity (Wildman–Crippen MR) is 119 cm³/mol. The van der Waals surface area contributed by atoms with Crippen molar-refractivity contribution in [1.29, 1.82) is 0 Å². The van der Waals surface area contributed by atoms with E-state index in [1.54, 1.807) is 14.2 Å². The second-order valence-electron chi connectivity index (χ2n) is 7.14. The van der Waals surface area contributed by atoms with E-state index in [1.807, 2.05) is 54.6 Å². The molecule has 0 radical (unpaired) electrons. The molecule has 0 unspecified atom stereocenters. The van der Waals surface area contributed by atoms with E-state index in [2.05, 4.69) is 16.0 Å². The number of ether oxygens (including phenoxy) is 1. The Labute approximate surface area is 178 Å². The van der Waals surface area contributed by atoms with E-state index >= 15 is 0 Å². The molecule has 2 rings (SSSR count). The number of methoxy groups -OCH3 is 1. The van der Waals surface area contributed by atoms with Gasteiger partial charge in [0.1, 0.15) is 6.04 Å². The number of benzene rings is 2. The minimum Gasteiger partial charge on any atom is -0.380 e. The molecule has 2 atom stereocenters. The molecule has 0 saturated carbocycles. The average molecular weight is 413 g/mol. The summed E-state index contributed by atoms with van der Waals surface area (Å²) < 4.78 is 5.10. The standard InChI is InChI=1S/C23H32N4O3/c1-25-21(15-17-7-4-3-5-8-17)23(29)27-20(9-6-14-24)22(28)26-19-12-10-18(11-13-19)16-30-2/h3-5,7-8,10-13,20-21,25H,6,9,14-16,24H2,1-2H3,(H,26,28)(H,27,29)/t20-,21-/m0/s1. The van der Waals surface area contributed by atoms with Crippen LogP contribution < -0.4 is 21.7 Å². The molecule has 0 aliphatic carbocycles. The molecule has 2 amide bonds. The third kappa shape index (κ3) is 7.59. The van der Waals surface area contributed by atoms with Crippen molar-refractivity contribution in [1.82, 2.24) is 10.6 Å². The van der Waals surface area contributed by atoms with Crippen molar-refractivity contribution >= 4 is 17.5 Å². The van der Waals surface area contributed by atoms with E-state index in [0.29, 0.717) is 38.1 Å². The number of hydrogen-bond donors (Lipinski definition) is 4. The Morgan fingerprint density at radius 1 is 0.967 bits per heavy atom. The zero-order valence-electron chi connectivity index (χ0n) is 17.7. The SMILES string of the molecule is CN[C@@H](Cc1ccccc1)C(=O)N[C@@H](CCCN)C(=O)Nc1ccc(COC)cc1. The molecule has 5 N–H and O–H groups in total. The third-order valence-corrected chi connectivity index (χ3v) is 4.81. The van der Waals surface area contributed by atoms with Crippen LogP contribution in [0.2, 0.25) is 0 Å². The van der Waals surface area contributed by atoms with Gasteiger partial charge >= 0.3 is 0 Å². The van der Waals surface area contributed by atoms with Crippen LogP contribution in [0, 0.1) is 0 Å². The molecule has 0 aliphatic rings. The molecule has 0 spiro atoms. The van der Waals surface area contributed by atoms with E-state index in [-0.39, 0.29) is 11.8 Å². The summed E-state index contributed by atoms with van der Waals surface area (Å²) in [5.74, 6) is -0.472. The first kappa shape index (κ1) is 23.5. The predicted octanol–water partition coefficient (Wildman–Crippen LogP) is 1.83. The minimum absolute atomic E-state index is 0.214. The molecule has 0 aromatic heterocycles. The van der Waals surface area contributed by atoms with Crippen molar-refractivity contribution in [2.45, 2.75) is 38.0 Å². The zero-order chi connectivity index (χ0) is 21.8. The van der Waals surface area contributed by atoms with Gasteiger partial charge in [-0.3, -0.25) is 9.59 Å². The lowest BCUT2D eigenvalue weighted by molar-refractivity contribution is -0.128. The summed E-state index contributed by atoms with van der Waals surface area (Å²) in [7, 11) is 3.38. The zero-order valence-corrected chi connectivity index (χ0v) is 17.7. The van der Waals surface area contributed by atoms with E-state index in [1.165, 1.54) is 0 Å². The fourth-order valence-electron chi connectivity index (χ4n) is 3.12. The highest BCUT2D eigenvalue weighted by molar-refractivity contribution is 5.97. The van der Waals surface area contributed by atoms with Gasteiger partial charge in [0, 0.05) is 12.8 Å². The van der Waals surface area contributed by atoms with Crippen molar-refractivity contribution in [3.8, 4) is 0 Å². The Morgan fingerprint density at radius 3 is 2.27 bits per heavy atom. The number of likely N-dealkylation sites (N-methyl/N-ethyl adjacent to an activating group) is 1. The first-order valence-corrected chi connectivity index (χ1v) is 10.2. The van der Waals surface area contributed by atoms with Crippen molar-refractivity contribution in [3.05, 3.63) is 65.7 Å². The Morgan fingerprint density at radius 2 is 1.67 bits per heavy atom. The van der Waals surface area contributed by atoms with Gasteiger partial charge < -0.3 is 26.4 Å². The van der Waals surface area contributed by atoms with Gasteiger partial charge in [-0.05, 0) is 56.1 Å². The molecular formula is C23H32N4O3. The van der Waals surface area contributed by atoms with Gasteiger partial charge in [0.2, 0.25) is 11.8 Å². The maximum atomic E-state index is 12.8. The summed E-state index contributed by atoms with van der Waals surface area (Å²) in [5.41, 5.74) is 8.36. The molecular weight excluding hydrogens is 380 g/mol. The third-order valence-electron chi connectivity index (χ3n) is 4.81. The molecule has 2 aromatic rings. The van der Waals surface area contributed by atoms with Gasteiger partial charge in [-0.2, -0.15) is 0 Å². The molecule has 30 heavy (non-hydrogen) atoms. The number of nitrogens with two attached hydrogens (primary N) is 1. The van der Waals surface area contributed by atoms with Crippen molar-refractivity contribution in [2.24, 2.45) is 5.73 Å². The minimum atomic E-state index is -0.661. The maximum Gasteiger partial charge on any atom is 0.246 e. The molecule has 0 aliphatic heterocycles.